The second-order valence-electron chi connectivity index (χ2n) is 4.81. The lowest BCUT2D eigenvalue weighted by Crippen LogP contribution is -2.18. The van der Waals surface area contributed by atoms with Gasteiger partial charge in [0.2, 0.25) is 0 Å². The maximum atomic E-state index is 12.0. The molecular weight excluding hydrogens is 303 g/mol. The topological polar surface area (TPSA) is 12.0 Å². The van der Waals surface area contributed by atoms with E-state index >= 15 is 0 Å². The molecule has 0 heterocycles. The summed E-state index contributed by atoms with van der Waals surface area (Å²) in [5, 5.41) is 3.35. The minimum atomic E-state index is -4.12. The molecule has 0 spiro atoms. The van der Waals surface area contributed by atoms with Gasteiger partial charge in [0, 0.05) is 22.9 Å². The summed E-state index contributed by atoms with van der Waals surface area (Å²) in [5.74, 6) is 1.16. The van der Waals surface area contributed by atoms with Gasteiger partial charge in [-0.15, -0.1) is 11.8 Å². The van der Waals surface area contributed by atoms with Crippen LogP contribution in [0.15, 0.2) is 29.2 Å². The lowest BCUT2D eigenvalue weighted by atomic mass is 10.2. The van der Waals surface area contributed by atoms with E-state index in [0.29, 0.717) is 11.7 Å². The Morgan fingerprint density at radius 1 is 1.20 bits per heavy atom. The van der Waals surface area contributed by atoms with Gasteiger partial charge >= 0.3 is 5.51 Å². The zero-order valence-corrected chi connectivity index (χ0v) is 13.3. The van der Waals surface area contributed by atoms with Crippen molar-refractivity contribution in [3.8, 4) is 0 Å². The molecule has 0 radical (unpaired) electrons. The Balaban J connectivity index is 2.32. The summed E-state index contributed by atoms with van der Waals surface area (Å²) in [6.45, 7) is 6.05. The normalized spacial score (nSPS) is 12.1. The average molecular weight is 323 g/mol. The van der Waals surface area contributed by atoms with Gasteiger partial charge in [-0.2, -0.15) is 13.2 Å². The van der Waals surface area contributed by atoms with Crippen LogP contribution in [0.25, 0.3) is 0 Å². The fourth-order valence-electron chi connectivity index (χ4n) is 1.57. The molecule has 6 heteroatoms. The Bertz CT molecular complexity index is 394. The van der Waals surface area contributed by atoms with Crippen molar-refractivity contribution in [2.45, 2.75) is 30.8 Å². The molecule has 1 rings (SSSR count). The molecule has 0 atom stereocenters. The second-order valence-corrected chi connectivity index (χ2v) is 7.14. The van der Waals surface area contributed by atoms with Gasteiger partial charge in [-0.05, 0) is 30.2 Å². The highest BCUT2D eigenvalue weighted by Crippen LogP contribution is 2.31. The minimum Gasteiger partial charge on any atom is -0.312 e. The van der Waals surface area contributed by atoms with Crippen molar-refractivity contribution in [1.29, 1.82) is 0 Å². The highest BCUT2D eigenvalue weighted by atomic mass is 32.2. The molecule has 0 unspecified atom stereocenters. The van der Waals surface area contributed by atoms with Crippen molar-refractivity contribution >= 4 is 23.5 Å². The number of hydrogen-bond donors (Lipinski definition) is 1. The molecule has 0 saturated heterocycles. The summed E-state index contributed by atoms with van der Waals surface area (Å²) in [6.07, 6.45) is 0. The van der Waals surface area contributed by atoms with Crippen molar-refractivity contribution in [1.82, 2.24) is 5.32 Å². The maximum Gasteiger partial charge on any atom is 0.441 e. The number of alkyl halides is 3. The van der Waals surface area contributed by atoms with E-state index in [0.717, 1.165) is 18.0 Å². The molecule has 1 N–H and O–H groups in total. The van der Waals surface area contributed by atoms with Crippen molar-refractivity contribution in [3.63, 3.8) is 0 Å². The first kappa shape index (κ1) is 17.7. The van der Waals surface area contributed by atoms with Gasteiger partial charge in [0.1, 0.15) is 0 Å². The monoisotopic (exact) mass is 323 g/mol. The Labute approximate surface area is 127 Å². The van der Waals surface area contributed by atoms with Gasteiger partial charge in [-0.1, -0.05) is 37.7 Å². The number of hydrogen-bond acceptors (Lipinski definition) is 3. The van der Waals surface area contributed by atoms with E-state index in [1.54, 1.807) is 0 Å². The van der Waals surface area contributed by atoms with Crippen LogP contribution in [0, 0.1) is 5.92 Å². The van der Waals surface area contributed by atoms with E-state index in [1.165, 1.54) is 17.3 Å². The number of rotatable bonds is 8. The van der Waals surface area contributed by atoms with Crippen LogP contribution < -0.4 is 5.32 Å². The van der Waals surface area contributed by atoms with Crippen molar-refractivity contribution in [3.05, 3.63) is 29.8 Å². The van der Waals surface area contributed by atoms with E-state index in [-0.39, 0.29) is 17.5 Å². The molecule has 0 amide bonds. The van der Waals surface area contributed by atoms with Crippen LogP contribution >= 0.6 is 23.5 Å². The van der Waals surface area contributed by atoms with E-state index in [4.69, 9.17) is 0 Å². The van der Waals surface area contributed by atoms with Gasteiger partial charge in [0.25, 0.3) is 0 Å². The molecule has 114 valence electrons. The Morgan fingerprint density at radius 2 is 1.95 bits per heavy atom. The molecular formula is C14H20F3NS2. The number of nitrogens with one attached hydrogen (secondary N) is 1. The third kappa shape index (κ3) is 8.76. The Hall–Kier alpha value is -0.330. The molecule has 1 aromatic rings. The number of benzene rings is 1. The third-order valence-corrected chi connectivity index (χ3v) is 4.39. The zero-order valence-electron chi connectivity index (χ0n) is 11.7. The molecule has 0 aliphatic heterocycles. The predicted molar refractivity (Wildman–Crippen MR) is 82.2 cm³/mol. The molecule has 0 bridgehead atoms. The first-order valence-electron chi connectivity index (χ1n) is 6.50. The predicted octanol–water partition coefficient (Wildman–Crippen LogP) is 4.78. The van der Waals surface area contributed by atoms with Crippen LogP contribution in [0.2, 0.25) is 0 Å². The zero-order chi connectivity index (χ0) is 15.0. The van der Waals surface area contributed by atoms with Gasteiger partial charge < -0.3 is 5.32 Å². The average Bonchev–Trinajstić information content (AvgIpc) is 2.34. The number of thioether (sulfide) groups is 2. The van der Waals surface area contributed by atoms with Crippen molar-refractivity contribution in [2.75, 3.05) is 18.1 Å². The van der Waals surface area contributed by atoms with Crippen LogP contribution in [0.3, 0.4) is 0 Å². The summed E-state index contributed by atoms with van der Waals surface area (Å²) in [5.41, 5.74) is -2.96. The fourth-order valence-corrected chi connectivity index (χ4v) is 3.11. The molecule has 0 aliphatic rings. The Kier molecular flexibility index (Phi) is 7.84. The lowest BCUT2D eigenvalue weighted by Gasteiger charge is -2.09. The molecule has 1 aromatic carbocycles. The lowest BCUT2D eigenvalue weighted by molar-refractivity contribution is -0.0326. The third-order valence-electron chi connectivity index (χ3n) is 2.40. The van der Waals surface area contributed by atoms with Gasteiger partial charge in [-0.3, -0.25) is 0 Å². The van der Waals surface area contributed by atoms with Gasteiger partial charge in [-0.25, -0.2) is 0 Å². The van der Waals surface area contributed by atoms with E-state index in [1.807, 2.05) is 24.3 Å². The smallest absolute Gasteiger partial charge is 0.312 e. The van der Waals surface area contributed by atoms with Crippen LogP contribution in [-0.4, -0.2) is 23.6 Å². The maximum absolute atomic E-state index is 12.0. The number of halogens is 3. The van der Waals surface area contributed by atoms with Crippen molar-refractivity contribution in [2.24, 2.45) is 5.92 Å². The minimum absolute atomic E-state index is 0.0409. The molecule has 0 aromatic heterocycles. The first-order chi connectivity index (χ1) is 9.37. The highest BCUT2D eigenvalue weighted by molar-refractivity contribution is 8.03. The quantitative estimate of drug-likeness (QED) is 0.546. The second kappa shape index (κ2) is 8.85. The molecule has 0 aliphatic carbocycles. The largest absolute Gasteiger partial charge is 0.441 e. The summed E-state index contributed by atoms with van der Waals surface area (Å²) in [6, 6.07) is 7.96. The summed E-state index contributed by atoms with van der Waals surface area (Å²) >= 11 is 1.51. The molecule has 1 nitrogen and oxygen atoms in total. The van der Waals surface area contributed by atoms with Crippen LogP contribution in [-0.2, 0) is 6.54 Å². The Morgan fingerprint density at radius 3 is 2.60 bits per heavy atom. The summed E-state index contributed by atoms with van der Waals surface area (Å²) < 4.78 is 36.0. The summed E-state index contributed by atoms with van der Waals surface area (Å²) in [4.78, 5) is 1.02. The van der Waals surface area contributed by atoms with Crippen LogP contribution in [0.5, 0.6) is 0 Å². The molecule has 0 fully saturated rings. The highest BCUT2D eigenvalue weighted by Gasteiger charge is 2.27. The van der Waals surface area contributed by atoms with Gasteiger partial charge in [0.15, 0.2) is 0 Å². The first-order valence-corrected chi connectivity index (χ1v) is 8.47. The van der Waals surface area contributed by atoms with E-state index < -0.39 is 5.51 Å². The van der Waals surface area contributed by atoms with Crippen LogP contribution in [0.4, 0.5) is 13.2 Å². The molecule has 20 heavy (non-hydrogen) atoms. The van der Waals surface area contributed by atoms with E-state index in [9.17, 15) is 13.2 Å². The molecule has 0 saturated carbocycles. The fraction of sp³-hybridized carbons (Fsp3) is 0.571. The van der Waals surface area contributed by atoms with Crippen LogP contribution in [0.1, 0.15) is 19.4 Å². The van der Waals surface area contributed by atoms with E-state index in [2.05, 4.69) is 19.2 Å². The van der Waals surface area contributed by atoms with Gasteiger partial charge in [0.05, 0.1) is 0 Å². The van der Waals surface area contributed by atoms with Crippen molar-refractivity contribution < 1.29 is 13.2 Å². The SMILES string of the molecule is CC(C)CNCc1cccc(SCCSC(F)(F)F)c1. The summed E-state index contributed by atoms with van der Waals surface area (Å²) in [7, 11) is 0. The standard InChI is InChI=1S/C14H20F3NS2/c1-11(2)9-18-10-12-4-3-5-13(8-12)19-6-7-20-14(15,16)17/h3-5,8,11,18H,6-7,9-10H2,1-2H3.